The number of unbranched alkanes of at least 4 members (excludes halogenated alkanes) is 56. The molecule has 2 atom stereocenters. The maximum absolute atomic E-state index is 13.0. The summed E-state index contributed by atoms with van der Waals surface area (Å²) in [7, 11) is 6.00. The lowest BCUT2D eigenvalue weighted by atomic mass is 10.0. The van der Waals surface area contributed by atoms with Crippen molar-refractivity contribution < 1.29 is 42.9 Å². The molecule has 0 spiro atoms. The van der Waals surface area contributed by atoms with Crippen molar-refractivity contribution in [2.45, 2.75) is 431 Å². The highest BCUT2D eigenvalue weighted by Crippen LogP contribution is 2.20. The Labute approximate surface area is 572 Å². The number of ether oxygens (including phenoxy) is 4. The fraction of sp³-hybridized carbons (Fsp3) is 0.892. The molecule has 0 radical (unpaired) electrons. The van der Waals surface area contributed by atoms with Crippen LogP contribution in [-0.4, -0.2) is 87.4 Å². The third-order valence-electron chi connectivity index (χ3n) is 18.6. The Bertz CT molecular complexity index is 1600. The molecule has 0 saturated heterocycles. The summed E-state index contributed by atoms with van der Waals surface area (Å²) in [6, 6.07) is 0. The highest BCUT2D eigenvalue weighted by Gasteiger charge is 2.25. The van der Waals surface area contributed by atoms with Gasteiger partial charge in [-0.3, -0.25) is 9.59 Å². The molecule has 0 aromatic heterocycles. The van der Waals surface area contributed by atoms with Crippen LogP contribution in [0.2, 0.25) is 0 Å². The zero-order chi connectivity index (χ0) is 66.8. The molecule has 0 aromatic carbocycles. The van der Waals surface area contributed by atoms with Crippen molar-refractivity contribution in [1.82, 2.24) is 0 Å². The van der Waals surface area contributed by atoms with Gasteiger partial charge in [0.25, 0.3) is 6.29 Å². The third kappa shape index (κ3) is 74.9. The zero-order valence-corrected chi connectivity index (χ0v) is 62.2. The Hall–Kier alpha value is -2.49. The molecule has 0 fully saturated rings. The molecule has 0 aromatic rings. The van der Waals surface area contributed by atoms with Gasteiger partial charge in [0.2, 0.25) is 0 Å². The van der Waals surface area contributed by atoms with E-state index in [1.165, 1.54) is 340 Å². The number of rotatable bonds is 77. The molecular weight excluding hydrogens is 1140 g/mol. The topological polar surface area (TPSA) is 108 Å². The summed E-state index contributed by atoms with van der Waals surface area (Å²) >= 11 is 0. The van der Waals surface area contributed by atoms with Gasteiger partial charge >= 0.3 is 17.9 Å². The normalized spacial score (nSPS) is 12.8. The van der Waals surface area contributed by atoms with Crippen LogP contribution in [-0.2, 0) is 33.3 Å². The smallest absolute Gasteiger partial charge is 0.361 e. The van der Waals surface area contributed by atoms with Crippen LogP contribution >= 0.6 is 0 Å². The highest BCUT2D eigenvalue weighted by atomic mass is 16.7. The van der Waals surface area contributed by atoms with Crippen molar-refractivity contribution in [3.05, 3.63) is 36.5 Å². The summed E-state index contributed by atoms with van der Waals surface area (Å²) in [5, 5.41) is 9.77. The number of allylic oxidation sites excluding steroid dienone is 6. The number of hydrogen-bond acceptors (Lipinski definition) is 7. The second-order valence-electron chi connectivity index (χ2n) is 29.1. The standard InChI is InChI=1S/C83H157NO8/c1-6-8-10-12-14-16-18-20-22-24-26-28-30-32-34-36-38-40-42-43-45-47-49-51-53-55-57-59-61-63-65-67-69-71-73-80(85)90-77-79(78-91-83(82(87)88)89-76-75-84(3,4)5)92-81(86)74-72-70-68-66-64-62-60-58-56-54-52-50-48-46-44-41-39-37-35-33-31-29-27-25-23-21-19-17-15-13-11-9-7-2/h19,21,25,27,31,33,79,83H,6-18,20,22-24,26,28-30,32,34-78H2,1-5H3/p+1/b21-19-,27-25-,33-31-. The lowest BCUT2D eigenvalue weighted by molar-refractivity contribution is -0.870. The lowest BCUT2D eigenvalue weighted by Gasteiger charge is -2.25. The molecule has 1 N–H and O–H groups in total. The van der Waals surface area contributed by atoms with Gasteiger partial charge in [-0.2, -0.15) is 0 Å². The van der Waals surface area contributed by atoms with Gasteiger partial charge in [-0.15, -0.1) is 0 Å². The van der Waals surface area contributed by atoms with E-state index in [0.717, 1.165) is 51.4 Å². The van der Waals surface area contributed by atoms with E-state index in [1.54, 1.807) is 0 Å². The average Bonchev–Trinajstić information content (AvgIpc) is 3.69. The van der Waals surface area contributed by atoms with E-state index < -0.39 is 18.4 Å². The molecule has 0 rings (SSSR count). The van der Waals surface area contributed by atoms with Crippen LogP contribution in [0, 0.1) is 0 Å². The summed E-state index contributed by atoms with van der Waals surface area (Å²) in [6.07, 6.45) is 93.1. The Kier molecular flexibility index (Phi) is 72.3. The number of carboxylic acid groups (broad SMARTS) is 1. The van der Waals surface area contributed by atoms with Gasteiger partial charge in [-0.1, -0.05) is 391 Å². The van der Waals surface area contributed by atoms with Gasteiger partial charge < -0.3 is 28.5 Å². The number of carboxylic acids is 1. The van der Waals surface area contributed by atoms with Gasteiger partial charge in [0, 0.05) is 12.8 Å². The summed E-state index contributed by atoms with van der Waals surface area (Å²) in [4.78, 5) is 37.7. The summed E-state index contributed by atoms with van der Waals surface area (Å²) in [6.45, 7) is 4.95. The molecular formula is C83H158NO8+. The van der Waals surface area contributed by atoms with Crippen molar-refractivity contribution in [1.29, 1.82) is 0 Å². The van der Waals surface area contributed by atoms with Gasteiger partial charge in [-0.05, 0) is 51.4 Å². The third-order valence-corrected chi connectivity index (χ3v) is 18.6. The van der Waals surface area contributed by atoms with Crippen molar-refractivity contribution >= 4 is 17.9 Å². The van der Waals surface area contributed by atoms with Crippen LogP contribution in [0.3, 0.4) is 0 Å². The molecule has 9 heteroatoms. The Morgan fingerprint density at radius 3 is 0.870 bits per heavy atom. The van der Waals surface area contributed by atoms with E-state index in [2.05, 4.69) is 50.3 Å². The molecule has 2 unspecified atom stereocenters. The molecule has 542 valence electrons. The van der Waals surface area contributed by atoms with Crippen LogP contribution in [0.15, 0.2) is 36.5 Å². The summed E-state index contributed by atoms with van der Waals surface area (Å²) in [5.74, 6) is -1.97. The predicted molar refractivity (Wildman–Crippen MR) is 397 cm³/mol. The number of nitrogens with zero attached hydrogens (tertiary/aromatic N) is 1. The number of carbonyl (C=O) groups excluding carboxylic acids is 2. The first kappa shape index (κ1) is 89.5. The Balaban J connectivity index is 3.97. The number of quaternary nitrogens is 1. The van der Waals surface area contributed by atoms with E-state index in [0.29, 0.717) is 17.4 Å². The van der Waals surface area contributed by atoms with E-state index in [4.69, 9.17) is 18.9 Å². The maximum atomic E-state index is 13.0. The van der Waals surface area contributed by atoms with Crippen LogP contribution in [0.4, 0.5) is 0 Å². The number of aliphatic carboxylic acids is 1. The minimum absolute atomic E-state index is 0.175. The molecule has 0 amide bonds. The van der Waals surface area contributed by atoms with Gasteiger partial charge in [0.15, 0.2) is 6.10 Å². The molecule has 92 heavy (non-hydrogen) atoms. The number of hydrogen-bond donors (Lipinski definition) is 1. The Morgan fingerprint density at radius 2 is 0.587 bits per heavy atom. The largest absolute Gasteiger partial charge is 0.477 e. The SMILES string of the molecule is CCCCCCC/C=C\C/C=C\C/C=C\CCCCCCCCCCCCCCCCCCCCC(=O)OC(COC(=O)CCCCCCCCCCCCCCCCCCCCCCCCCCCCCCCCCCCC)COC(OCC[N+](C)(C)C)C(=O)O. The monoisotopic (exact) mass is 1300 g/mol. The highest BCUT2D eigenvalue weighted by molar-refractivity contribution is 5.71. The van der Waals surface area contributed by atoms with Crippen molar-refractivity contribution in [2.75, 3.05) is 47.5 Å². The molecule has 0 bridgehead atoms. The number of esters is 2. The molecule has 9 nitrogen and oxygen atoms in total. The quantitative estimate of drug-likeness (QED) is 0.0211. The van der Waals surface area contributed by atoms with E-state index in [1.807, 2.05) is 21.1 Å². The molecule has 0 aliphatic rings. The van der Waals surface area contributed by atoms with Crippen molar-refractivity contribution in [3.63, 3.8) is 0 Å². The van der Waals surface area contributed by atoms with Gasteiger partial charge in [-0.25, -0.2) is 4.79 Å². The number of carbonyl (C=O) groups is 3. The Morgan fingerprint density at radius 1 is 0.326 bits per heavy atom. The zero-order valence-electron chi connectivity index (χ0n) is 62.2. The molecule has 0 saturated carbocycles. The minimum atomic E-state index is -1.51. The molecule has 0 heterocycles. The molecule has 0 aliphatic carbocycles. The van der Waals surface area contributed by atoms with Gasteiger partial charge in [0.1, 0.15) is 13.2 Å². The minimum Gasteiger partial charge on any atom is -0.477 e. The summed E-state index contributed by atoms with van der Waals surface area (Å²) in [5.41, 5.74) is 0. The first-order chi connectivity index (χ1) is 45.1. The maximum Gasteiger partial charge on any atom is 0.361 e. The van der Waals surface area contributed by atoms with Crippen molar-refractivity contribution in [3.8, 4) is 0 Å². The second kappa shape index (κ2) is 74.3. The number of likely N-dealkylation sites (N-methyl/N-ethyl adjacent to an activating group) is 1. The first-order valence-corrected chi connectivity index (χ1v) is 40.7. The fourth-order valence-corrected chi connectivity index (χ4v) is 12.4. The average molecular weight is 1300 g/mol. The lowest BCUT2D eigenvalue weighted by Crippen LogP contribution is -2.40. The van der Waals surface area contributed by atoms with Crippen LogP contribution < -0.4 is 0 Å². The summed E-state index contributed by atoms with van der Waals surface area (Å²) < 4.78 is 23.1. The van der Waals surface area contributed by atoms with Crippen LogP contribution in [0.5, 0.6) is 0 Å². The molecule has 0 aliphatic heterocycles. The van der Waals surface area contributed by atoms with Crippen LogP contribution in [0.1, 0.15) is 418 Å². The van der Waals surface area contributed by atoms with Gasteiger partial charge in [0.05, 0.1) is 34.4 Å². The first-order valence-electron chi connectivity index (χ1n) is 40.7. The fourth-order valence-electron chi connectivity index (χ4n) is 12.4. The predicted octanol–water partition coefficient (Wildman–Crippen LogP) is 25.9. The van der Waals surface area contributed by atoms with Crippen LogP contribution in [0.25, 0.3) is 0 Å². The van der Waals surface area contributed by atoms with E-state index >= 15 is 0 Å². The van der Waals surface area contributed by atoms with Crippen molar-refractivity contribution in [2.24, 2.45) is 0 Å². The second-order valence-corrected chi connectivity index (χ2v) is 29.1. The van der Waals surface area contributed by atoms with E-state index in [9.17, 15) is 19.5 Å². The van der Waals surface area contributed by atoms with E-state index in [-0.39, 0.29) is 38.2 Å².